The molecule has 0 radical (unpaired) electrons. The highest BCUT2D eigenvalue weighted by Gasteiger charge is 2.11. The molecule has 0 aliphatic carbocycles. The van der Waals surface area contributed by atoms with Gasteiger partial charge in [0, 0.05) is 23.3 Å². The largest absolute Gasteiger partial charge is 0.380 e. The fourth-order valence-corrected chi connectivity index (χ4v) is 2.96. The lowest BCUT2D eigenvalue weighted by molar-refractivity contribution is 0.100. The molecule has 1 aromatic heterocycles. The second-order valence-corrected chi connectivity index (χ2v) is 6.16. The fraction of sp³-hybridized carbons (Fsp3) is 0.200. The summed E-state index contributed by atoms with van der Waals surface area (Å²) in [6.07, 6.45) is 0. The molecule has 3 aromatic rings. The molecule has 0 atom stereocenters. The van der Waals surface area contributed by atoms with E-state index in [-0.39, 0.29) is 0 Å². The summed E-state index contributed by atoms with van der Waals surface area (Å²) < 4.78 is 0. The molecular weight excluding hydrogens is 298 g/mol. The highest BCUT2D eigenvalue weighted by Crippen LogP contribution is 2.26. The minimum atomic E-state index is -0.459. The second-order valence-electron chi connectivity index (χ2n) is 6.16. The van der Waals surface area contributed by atoms with Crippen LogP contribution in [-0.4, -0.2) is 10.9 Å². The Hall–Kier alpha value is -2.88. The minimum absolute atomic E-state index is 0.450. The average molecular weight is 319 g/mol. The summed E-state index contributed by atoms with van der Waals surface area (Å²) in [6, 6.07) is 13.9. The zero-order valence-corrected chi connectivity index (χ0v) is 14.2. The number of amides is 1. The Morgan fingerprint density at radius 2 is 1.92 bits per heavy atom. The first-order valence-electron chi connectivity index (χ1n) is 7.96. The molecule has 0 fully saturated rings. The minimum Gasteiger partial charge on any atom is -0.380 e. The normalized spacial score (nSPS) is 10.8. The monoisotopic (exact) mass is 319 g/mol. The van der Waals surface area contributed by atoms with E-state index in [1.54, 1.807) is 6.07 Å². The average Bonchev–Trinajstić information content (AvgIpc) is 2.53. The van der Waals surface area contributed by atoms with Gasteiger partial charge in [0.25, 0.3) is 5.91 Å². The molecule has 4 nitrogen and oxygen atoms in total. The summed E-state index contributed by atoms with van der Waals surface area (Å²) in [5.74, 6) is -0.459. The summed E-state index contributed by atoms with van der Waals surface area (Å²) in [5, 5.41) is 4.38. The van der Waals surface area contributed by atoms with Crippen LogP contribution in [0, 0.1) is 20.8 Å². The first-order chi connectivity index (χ1) is 11.5. The van der Waals surface area contributed by atoms with Gasteiger partial charge in [-0.25, -0.2) is 0 Å². The topological polar surface area (TPSA) is 68.0 Å². The van der Waals surface area contributed by atoms with Crippen LogP contribution in [0.25, 0.3) is 10.9 Å². The number of nitrogens with zero attached hydrogens (tertiary/aromatic N) is 1. The number of aromatic nitrogens is 1. The Labute approximate surface area is 141 Å². The van der Waals surface area contributed by atoms with Gasteiger partial charge in [-0.1, -0.05) is 35.9 Å². The zero-order valence-electron chi connectivity index (χ0n) is 14.2. The molecule has 0 spiro atoms. The van der Waals surface area contributed by atoms with E-state index in [0.717, 1.165) is 16.8 Å². The number of nitrogens with two attached hydrogens (primary N) is 1. The highest BCUT2D eigenvalue weighted by atomic mass is 16.1. The number of hydrogen-bond acceptors (Lipinski definition) is 3. The van der Waals surface area contributed by atoms with Gasteiger partial charge in [0.15, 0.2) is 0 Å². The van der Waals surface area contributed by atoms with Gasteiger partial charge in [-0.05, 0) is 44.0 Å². The van der Waals surface area contributed by atoms with Gasteiger partial charge >= 0.3 is 0 Å². The van der Waals surface area contributed by atoms with Gasteiger partial charge in [-0.15, -0.1) is 0 Å². The van der Waals surface area contributed by atoms with Gasteiger partial charge in [0.05, 0.1) is 11.1 Å². The lowest BCUT2D eigenvalue weighted by Gasteiger charge is -2.14. The van der Waals surface area contributed by atoms with Crippen LogP contribution in [0.3, 0.4) is 0 Å². The van der Waals surface area contributed by atoms with E-state index in [2.05, 4.69) is 42.3 Å². The molecule has 0 bridgehead atoms. The second kappa shape index (κ2) is 6.32. The van der Waals surface area contributed by atoms with Crippen molar-refractivity contribution in [1.82, 2.24) is 4.98 Å². The molecular formula is C20H21N3O. The quantitative estimate of drug-likeness (QED) is 0.767. The van der Waals surface area contributed by atoms with Gasteiger partial charge < -0.3 is 11.1 Å². The van der Waals surface area contributed by atoms with Gasteiger partial charge in [0.2, 0.25) is 0 Å². The van der Waals surface area contributed by atoms with E-state index >= 15 is 0 Å². The number of hydrogen-bond donors (Lipinski definition) is 2. The molecule has 3 N–H and O–H groups in total. The number of rotatable bonds is 4. The Morgan fingerprint density at radius 1 is 1.12 bits per heavy atom. The Bertz CT molecular complexity index is 932. The van der Waals surface area contributed by atoms with Crippen LogP contribution in [-0.2, 0) is 6.54 Å². The smallest absolute Gasteiger partial charge is 0.250 e. The molecule has 1 amide bonds. The van der Waals surface area contributed by atoms with Crippen molar-refractivity contribution >= 4 is 22.5 Å². The van der Waals surface area contributed by atoms with Gasteiger partial charge in [0.1, 0.15) is 0 Å². The van der Waals surface area contributed by atoms with Crippen molar-refractivity contribution in [3.63, 3.8) is 0 Å². The zero-order chi connectivity index (χ0) is 17.3. The van der Waals surface area contributed by atoms with Crippen LogP contribution >= 0.6 is 0 Å². The number of fused-ring (bicyclic) bond motifs is 1. The van der Waals surface area contributed by atoms with Crippen molar-refractivity contribution in [2.75, 3.05) is 5.32 Å². The van der Waals surface area contributed by atoms with Crippen LogP contribution < -0.4 is 11.1 Å². The van der Waals surface area contributed by atoms with Crippen LogP contribution in [0.2, 0.25) is 0 Å². The summed E-state index contributed by atoms with van der Waals surface area (Å²) >= 11 is 0. The number of aryl methyl sites for hydroxylation is 3. The van der Waals surface area contributed by atoms with E-state index in [4.69, 9.17) is 5.73 Å². The third-order valence-electron chi connectivity index (χ3n) is 4.20. The first kappa shape index (κ1) is 16.0. The molecule has 4 heteroatoms. The van der Waals surface area contributed by atoms with Crippen molar-refractivity contribution in [3.05, 3.63) is 70.4 Å². The summed E-state index contributed by atoms with van der Waals surface area (Å²) in [6.45, 7) is 6.84. The Balaban J connectivity index is 2.00. The number of anilines is 1. The molecule has 0 saturated carbocycles. The van der Waals surface area contributed by atoms with Gasteiger partial charge in [-0.2, -0.15) is 0 Å². The predicted octanol–water partition coefficient (Wildman–Crippen LogP) is 3.87. The van der Waals surface area contributed by atoms with Crippen molar-refractivity contribution in [2.24, 2.45) is 5.73 Å². The Kier molecular flexibility index (Phi) is 4.21. The van der Waals surface area contributed by atoms with E-state index in [1.807, 2.05) is 25.1 Å². The standard InChI is InChI=1S/C20H21N3O/c1-12-7-8-15(13(2)9-12)11-22-18-10-14(3)23-19-16(18)5-4-6-17(19)20(21)24/h4-10H,11H2,1-3H3,(H2,21,24)(H,22,23). The number of para-hydroxylation sites is 1. The lowest BCUT2D eigenvalue weighted by Crippen LogP contribution is -2.12. The summed E-state index contributed by atoms with van der Waals surface area (Å²) in [4.78, 5) is 16.2. The van der Waals surface area contributed by atoms with E-state index in [9.17, 15) is 4.79 Å². The molecule has 2 aromatic carbocycles. The highest BCUT2D eigenvalue weighted by molar-refractivity contribution is 6.07. The maximum absolute atomic E-state index is 11.7. The van der Waals surface area contributed by atoms with Crippen molar-refractivity contribution in [3.8, 4) is 0 Å². The summed E-state index contributed by atoms with van der Waals surface area (Å²) in [5.41, 5.74) is 12.1. The molecule has 122 valence electrons. The molecule has 0 unspecified atom stereocenters. The number of pyridine rings is 1. The number of primary amides is 1. The van der Waals surface area contributed by atoms with Gasteiger partial charge in [-0.3, -0.25) is 9.78 Å². The number of carbonyl (C=O) groups is 1. The summed E-state index contributed by atoms with van der Waals surface area (Å²) in [7, 11) is 0. The van der Waals surface area contributed by atoms with E-state index in [0.29, 0.717) is 17.6 Å². The van der Waals surface area contributed by atoms with Crippen molar-refractivity contribution in [1.29, 1.82) is 0 Å². The third kappa shape index (κ3) is 3.08. The lowest BCUT2D eigenvalue weighted by atomic mass is 10.0. The van der Waals surface area contributed by atoms with E-state index < -0.39 is 5.91 Å². The molecule has 24 heavy (non-hydrogen) atoms. The van der Waals surface area contributed by atoms with Crippen LogP contribution in [0.15, 0.2) is 42.5 Å². The first-order valence-corrected chi connectivity index (χ1v) is 7.96. The third-order valence-corrected chi connectivity index (χ3v) is 4.20. The molecule has 0 saturated heterocycles. The van der Waals surface area contributed by atoms with Crippen LogP contribution in [0.1, 0.15) is 32.7 Å². The molecule has 0 aliphatic heterocycles. The number of nitrogens with one attached hydrogen (secondary N) is 1. The number of carbonyl (C=O) groups excluding carboxylic acids is 1. The van der Waals surface area contributed by atoms with Crippen molar-refractivity contribution in [2.45, 2.75) is 27.3 Å². The van der Waals surface area contributed by atoms with Crippen LogP contribution in [0.5, 0.6) is 0 Å². The molecule has 0 aliphatic rings. The predicted molar refractivity (Wildman–Crippen MR) is 98.2 cm³/mol. The van der Waals surface area contributed by atoms with Crippen LogP contribution in [0.4, 0.5) is 5.69 Å². The SMILES string of the molecule is Cc1ccc(CNc2cc(C)nc3c(C(N)=O)cccc23)c(C)c1. The molecule has 1 heterocycles. The van der Waals surface area contributed by atoms with E-state index in [1.165, 1.54) is 16.7 Å². The fourth-order valence-electron chi connectivity index (χ4n) is 2.96. The molecule has 3 rings (SSSR count). The van der Waals surface area contributed by atoms with Crippen molar-refractivity contribution < 1.29 is 4.79 Å². The maximum atomic E-state index is 11.7. The number of benzene rings is 2. The maximum Gasteiger partial charge on any atom is 0.250 e. The Morgan fingerprint density at radius 3 is 2.62 bits per heavy atom.